The lowest BCUT2D eigenvalue weighted by molar-refractivity contribution is 0.542. The molecule has 1 aliphatic rings. The van der Waals surface area contributed by atoms with Gasteiger partial charge in [0.2, 0.25) is 0 Å². The molecule has 0 fully saturated rings. The molecule has 1 aromatic rings. The number of benzene rings is 1. The van der Waals surface area contributed by atoms with Gasteiger partial charge in [0.15, 0.2) is 0 Å². The first-order valence-electron chi connectivity index (χ1n) is 6.97. The van der Waals surface area contributed by atoms with E-state index in [0.717, 1.165) is 6.54 Å². The molecule has 0 amide bonds. The van der Waals surface area contributed by atoms with E-state index in [1.807, 2.05) is 0 Å². The van der Waals surface area contributed by atoms with E-state index in [-0.39, 0.29) is 6.04 Å². The van der Waals surface area contributed by atoms with Crippen LogP contribution in [0.5, 0.6) is 0 Å². The Morgan fingerprint density at radius 2 is 2.28 bits per heavy atom. The molecule has 2 rings (SSSR count). The number of rotatable bonds is 6. The Balaban J connectivity index is 1.85. The van der Waals surface area contributed by atoms with Crippen LogP contribution in [0.3, 0.4) is 0 Å². The number of allylic oxidation sites excluding steroid dienone is 1. The predicted molar refractivity (Wildman–Crippen MR) is 77.5 cm³/mol. The largest absolute Gasteiger partial charge is 0.329 e. The third-order valence-corrected chi connectivity index (χ3v) is 3.65. The number of aryl methyl sites for hydroxylation is 1. The van der Waals surface area contributed by atoms with E-state index in [4.69, 9.17) is 5.73 Å². The first-order chi connectivity index (χ1) is 8.79. The molecule has 1 aromatic carbocycles. The quantitative estimate of drug-likeness (QED) is 0.755. The summed E-state index contributed by atoms with van der Waals surface area (Å²) in [6.45, 7) is 3.81. The second-order valence-electron chi connectivity index (χ2n) is 5.16. The molecule has 0 aliphatic heterocycles. The average molecular weight is 244 g/mol. The van der Waals surface area contributed by atoms with Crippen molar-refractivity contribution in [3.63, 3.8) is 0 Å². The normalized spacial score (nSPS) is 16.7. The summed E-state index contributed by atoms with van der Waals surface area (Å²) >= 11 is 0. The van der Waals surface area contributed by atoms with Gasteiger partial charge in [0.05, 0.1) is 0 Å². The van der Waals surface area contributed by atoms with Crippen LogP contribution >= 0.6 is 0 Å². The van der Waals surface area contributed by atoms with E-state index in [1.165, 1.54) is 36.8 Å². The summed E-state index contributed by atoms with van der Waals surface area (Å²) in [6.07, 6.45) is 7.47. The molecule has 0 radical (unpaired) electrons. The smallest absolute Gasteiger partial charge is 0.0444 e. The highest BCUT2D eigenvalue weighted by Crippen LogP contribution is 2.20. The Bertz CT molecular complexity index is 409. The first kappa shape index (κ1) is 13.3. The Kier molecular flexibility index (Phi) is 4.97. The molecule has 0 heterocycles. The molecule has 1 unspecified atom stereocenters. The van der Waals surface area contributed by atoms with Crippen molar-refractivity contribution in [2.45, 2.75) is 38.6 Å². The van der Waals surface area contributed by atoms with Gasteiger partial charge in [-0.1, -0.05) is 41.5 Å². The summed E-state index contributed by atoms with van der Waals surface area (Å²) in [6, 6.07) is 8.90. The van der Waals surface area contributed by atoms with E-state index in [2.05, 4.69) is 42.6 Å². The summed E-state index contributed by atoms with van der Waals surface area (Å²) in [5.74, 6) is 0. The van der Waals surface area contributed by atoms with E-state index < -0.39 is 0 Å². The highest BCUT2D eigenvalue weighted by atomic mass is 14.9. The lowest BCUT2D eigenvalue weighted by Crippen LogP contribution is -2.29. The van der Waals surface area contributed by atoms with Crippen LogP contribution in [0, 0.1) is 6.92 Å². The van der Waals surface area contributed by atoms with Crippen molar-refractivity contribution in [1.82, 2.24) is 5.32 Å². The van der Waals surface area contributed by atoms with Crippen LogP contribution in [-0.2, 0) is 0 Å². The fraction of sp³-hybridized carbons (Fsp3) is 0.500. The Morgan fingerprint density at radius 3 is 2.94 bits per heavy atom. The summed E-state index contributed by atoms with van der Waals surface area (Å²) < 4.78 is 0. The van der Waals surface area contributed by atoms with E-state index in [0.29, 0.717) is 6.54 Å². The fourth-order valence-electron chi connectivity index (χ4n) is 2.60. The van der Waals surface area contributed by atoms with E-state index in [1.54, 1.807) is 5.57 Å². The van der Waals surface area contributed by atoms with Crippen LogP contribution in [0.4, 0.5) is 0 Å². The Morgan fingerprint density at radius 1 is 1.39 bits per heavy atom. The molecule has 0 saturated carbocycles. The van der Waals surface area contributed by atoms with Crippen LogP contribution in [0.2, 0.25) is 0 Å². The van der Waals surface area contributed by atoms with Crippen molar-refractivity contribution in [1.29, 1.82) is 0 Å². The molecule has 0 spiro atoms. The maximum absolute atomic E-state index is 5.87. The molecule has 1 aliphatic carbocycles. The zero-order valence-electron chi connectivity index (χ0n) is 11.3. The minimum absolute atomic E-state index is 0.284. The zero-order chi connectivity index (χ0) is 12.8. The van der Waals surface area contributed by atoms with E-state index >= 15 is 0 Å². The van der Waals surface area contributed by atoms with Gasteiger partial charge in [0.1, 0.15) is 0 Å². The van der Waals surface area contributed by atoms with Crippen molar-refractivity contribution in [2.24, 2.45) is 5.73 Å². The molecule has 1 atom stereocenters. The highest BCUT2D eigenvalue weighted by Gasteiger charge is 2.10. The highest BCUT2D eigenvalue weighted by molar-refractivity contribution is 5.25. The maximum Gasteiger partial charge on any atom is 0.0444 e. The average Bonchev–Trinajstić information content (AvgIpc) is 2.88. The number of hydrogen-bond acceptors (Lipinski definition) is 2. The molecule has 0 bridgehead atoms. The van der Waals surface area contributed by atoms with Gasteiger partial charge in [0.25, 0.3) is 0 Å². The van der Waals surface area contributed by atoms with Crippen molar-refractivity contribution < 1.29 is 0 Å². The third kappa shape index (κ3) is 3.69. The molecule has 2 heteroatoms. The lowest BCUT2D eigenvalue weighted by atomic mass is 10.0. The van der Waals surface area contributed by atoms with Crippen LogP contribution in [0.15, 0.2) is 35.9 Å². The monoisotopic (exact) mass is 244 g/mol. The first-order valence-corrected chi connectivity index (χ1v) is 6.97. The van der Waals surface area contributed by atoms with Crippen LogP contribution in [-0.4, -0.2) is 13.1 Å². The standard InChI is InChI=1S/C16H24N2/c1-13-5-4-8-15(11-13)16(12-17)18-10-9-14-6-2-3-7-14/h4-6,8,11,16,18H,2-3,7,9-10,12,17H2,1H3. The molecule has 98 valence electrons. The lowest BCUT2D eigenvalue weighted by Gasteiger charge is -2.18. The van der Waals surface area contributed by atoms with Gasteiger partial charge in [-0.05, 0) is 44.7 Å². The van der Waals surface area contributed by atoms with Gasteiger partial charge < -0.3 is 11.1 Å². The fourth-order valence-corrected chi connectivity index (χ4v) is 2.60. The summed E-state index contributed by atoms with van der Waals surface area (Å²) in [7, 11) is 0. The van der Waals surface area contributed by atoms with E-state index in [9.17, 15) is 0 Å². The van der Waals surface area contributed by atoms with Gasteiger partial charge in [-0.15, -0.1) is 0 Å². The minimum Gasteiger partial charge on any atom is -0.329 e. The molecule has 3 N–H and O–H groups in total. The van der Waals surface area contributed by atoms with Gasteiger partial charge in [0, 0.05) is 12.6 Å². The Hall–Kier alpha value is -1.12. The van der Waals surface area contributed by atoms with Crippen LogP contribution in [0.25, 0.3) is 0 Å². The van der Waals surface area contributed by atoms with Gasteiger partial charge in [-0.3, -0.25) is 0 Å². The second-order valence-corrected chi connectivity index (χ2v) is 5.16. The van der Waals surface area contributed by atoms with Gasteiger partial charge in [-0.2, -0.15) is 0 Å². The number of hydrogen-bond donors (Lipinski definition) is 2. The third-order valence-electron chi connectivity index (χ3n) is 3.65. The van der Waals surface area contributed by atoms with Crippen molar-refractivity contribution in [3.8, 4) is 0 Å². The van der Waals surface area contributed by atoms with Gasteiger partial charge in [-0.25, -0.2) is 0 Å². The van der Waals surface area contributed by atoms with Gasteiger partial charge >= 0.3 is 0 Å². The summed E-state index contributed by atoms with van der Waals surface area (Å²) in [4.78, 5) is 0. The Labute approximate surface area is 110 Å². The molecular weight excluding hydrogens is 220 g/mol. The van der Waals surface area contributed by atoms with Crippen molar-refractivity contribution >= 4 is 0 Å². The van der Waals surface area contributed by atoms with Crippen LogP contribution in [0.1, 0.15) is 42.9 Å². The number of nitrogens with one attached hydrogen (secondary N) is 1. The molecular formula is C16H24N2. The van der Waals surface area contributed by atoms with Crippen LogP contribution < -0.4 is 11.1 Å². The van der Waals surface area contributed by atoms with Crippen molar-refractivity contribution in [2.75, 3.05) is 13.1 Å². The minimum atomic E-state index is 0.284. The molecule has 0 aromatic heterocycles. The molecule has 0 saturated heterocycles. The number of nitrogens with two attached hydrogens (primary N) is 1. The maximum atomic E-state index is 5.87. The SMILES string of the molecule is Cc1cccc(C(CN)NCCC2=CCCC2)c1. The molecule has 18 heavy (non-hydrogen) atoms. The van der Waals surface area contributed by atoms with Crippen molar-refractivity contribution in [3.05, 3.63) is 47.0 Å². The zero-order valence-corrected chi connectivity index (χ0v) is 11.3. The molecule has 2 nitrogen and oxygen atoms in total. The summed E-state index contributed by atoms with van der Waals surface area (Å²) in [5, 5.41) is 3.57. The predicted octanol–water partition coefficient (Wildman–Crippen LogP) is 3.08. The topological polar surface area (TPSA) is 38.0 Å². The second kappa shape index (κ2) is 6.72. The summed E-state index contributed by atoms with van der Waals surface area (Å²) in [5.41, 5.74) is 10.1.